The van der Waals surface area contributed by atoms with Crippen molar-refractivity contribution in [2.45, 2.75) is 19.6 Å². The third-order valence-electron chi connectivity index (χ3n) is 3.77. The number of aliphatic hydroxyl groups excluding tert-OH is 1. The van der Waals surface area contributed by atoms with Gasteiger partial charge in [0.15, 0.2) is 5.75 Å². The van der Waals surface area contributed by atoms with Crippen LogP contribution in [-0.2, 0) is 24.4 Å². The van der Waals surface area contributed by atoms with E-state index in [0.29, 0.717) is 18.7 Å². The van der Waals surface area contributed by atoms with Crippen LogP contribution in [0.5, 0.6) is 11.5 Å². The van der Waals surface area contributed by atoms with Gasteiger partial charge in [-0.25, -0.2) is 0 Å². The monoisotopic (exact) mass is 346 g/mol. The molecule has 1 heterocycles. The summed E-state index contributed by atoms with van der Waals surface area (Å²) in [5, 5.41) is 12.2. The highest BCUT2D eigenvalue weighted by molar-refractivity contribution is 5.75. The fourth-order valence-electron chi connectivity index (χ4n) is 2.38. The van der Waals surface area contributed by atoms with Gasteiger partial charge in [-0.15, -0.1) is 0 Å². The number of aromatic nitrogens is 1. The number of amides is 1. The number of carbonyl (C=O) groups excluding carboxylic acids is 1. The van der Waals surface area contributed by atoms with Crippen molar-refractivity contribution >= 4 is 5.91 Å². The van der Waals surface area contributed by atoms with Gasteiger partial charge in [-0.3, -0.25) is 9.59 Å². The molecule has 1 aromatic carbocycles. The molecule has 1 aromatic heterocycles. The molecule has 0 aliphatic rings. The summed E-state index contributed by atoms with van der Waals surface area (Å²) in [6, 6.07) is 8.90. The Labute approximate surface area is 145 Å². The molecule has 7 heteroatoms. The maximum atomic E-state index is 12.1. The second-order valence-corrected chi connectivity index (χ2v) is 5.43. The Balaban J connectivity index is 1.92. The molecule has 0 radical (unpaired) electrons. The molecule has 0 spiro atoms. The number of aliphatic hydroxyl groups is 1. The van der Waals surface area contributed by atoms with Crippen molar-refractivity contribution in [3.63, 3.8) is 0 Å². The van der Waals surface area contributed by atoms with Crippen LogP contribution in [0.25, 0.3) is 0 Å². The molecule has 0 saturated heterocycles. The van der Waals surface area contributed by atoms with Gasteiger partial charge in [-0.05, 0) is 24.1 Å². The van der Waals surface area contributed by atoms with E-state index in [4.69, 9.17) is 9.47 Å². The number of pyridine rings is 1. The summed E-state index contributed by atoms with van der Waals surface area (Å²) in [6.45, 7) is 0.143. The predicted molar refractivity (Wildman–Crippen MR) is 92.9 cm³/mol. The number of nitrogens with one attached hydrogen (secondary N) is 1. The Bertz CT molecular complexity index is 768. The number of nitrogens with zero attached hydrogens (tertiary/aromatic N) is 1. The number of rotatable bonds is 8. The van der Waals surface area contributed by atoms with E-state index in [2.05, 4.69) is 5.32 Å². The number of hydrogen-bond donors (Lipinski definition) is 2. The van der Waals surface area contributed by atoms with Crippen LogP contribution < -0.4 is 20.2 Å². The van der Waals surface area contributed by atoms with Crippen LogP contribution in [-0.4, -0.2) is 36.3 Å². The predicted octanol–water partition coefficient (Wildman–Crippen LogP) is 0.717. The molecule has 2 N–H and O–H groups in total. The third kappa shape index (κ3) is 5.09. The van der Waals surface area contributed by atoms with E-state index in [1.165, 1.54) is 23.9 Å². The zero-order valence-electron chi connectivity index (χ0n) is 14.3. The molecule has 0 atom stereocenters. The molecule has 0 aliphatic heterocycles. The number of hydrogen-bond acceptors (Lipinski definition) is 5. The highest BCUT2D eigenvalue weighted by Gasteiger charge is 2.10. The molecule has 25 heavy (non-hydrogen) atoms. The van der Waals surface area contributed by atoms with Crippen LogP contribution in [0.4, 0.5) is 0 Å². The summed E-state index contributed by atoms with van der Waals surface area (Å²) < 4.78 is 11.6. The summed E-state index contributed by atoms with van der Waals surface area (Å²) in [5.41, 5.74) is 1.11. The van der Waals surface area contributed by atoms with Crippen LogP contribution in [0.2, 0.25) is 0 Å². The van der Waals surface area contributed by atoms with Crippen molar-refractivity contribution in [3.8, 4) is 11.5 Å². The lowest BCUT2D eigenvalue weighted by atomic mass is 10.1. The molecular formula is C18H22N2O5. The first-order chi connectivity index (χ1) is 12.1. The van der Waals surface area contributed by atoms with E-state index in [9.17, 15) is 14.7 Å². The van der Waals surface area contributed by atoms with Crippen LogP contribution >= 0.6 is 0 Å². The molecule has 134 valence electrons. The van der Waals surface area contributed by atoms with Crippen molar-refractivity contribution in [1.82, 2.24) is 9.88 Å². The number of benzene rings is 1. The van der Waals surface area contributed by atoms with Crippen molar-refractivity contribution in [2.24, 2.45) is 0 Å². The number of carbonyl (C=O) groups is 1. The van der Waals surface area contributed by atoms with Crippen LogP contribution in [0.1, 0.15) is 11.3 Å². The zero-order valence-corrected chi connectivity index (χ0v) is 14.3. The second kappa shape index (κ2) is 8.89. The Morgan fingerprint density at radius 3 is 2.52 bits per heavy atom. The van der Waals surface area contributed by atoms with E-state index < -0.39 is 0 Å². The molecule has 0 bridgehead atoms. The van der Waals surface area contributed by atoms with Gasteiger partial charge in [0.05, 0.1) is 27.0 Å². The molecule has 1 amide bonds. The average Bonchev–Trinajstić information content (AvgIpc) is 2.63. The lowest BCUT2D eigenvalue weighted by molar-refractivity contribution is -0.121. The Morgan fingerprint density at radius 2 is 1.92 bits per heavy atom. The van der Waals surface area contributed by atoms with Crippen LogP contribution in [0, 0.1) is 0 Å². The number of methoxy groups -OCH3 is 2. The maximum absolute atomic E-state index is 12.1. The first-order valence-electron chi connectivity index (χ1n) is 7.85. The molecule has 7 nitrogen and oxygen atoms in total. The quantitative estimate of drug-likeness (QED) is 0.735. The van der Waals surface area contributed by atoms with Crippen molar-refractivity contribution < 1.29 is 19.4 Å². The highest BCUT2D eigenvalue weighted by Crippen LogP contribution is 2.11. The smallest absolute Gasteiger partial charge is 0.239 e. The summed E-state index contributed by atoms with van der Waals surface area (Å²) >= 11 is 0. The van der Waals surface area contributed by atoms with Crippen molar-refractivity contribution in [2.75, 3.05) is 20.8 Å². The summed E-state index contributed by atoms with van der Waals surface area (Å²) in [6.07, 6.45) is 2.12. The van der Waals surface area contributed by atoms with E-state index in [1.54, 1.807) is 7.11 Å². The van der Waals surface area contributed by atoms with Gasteiger partial charge in [0.1, 0.15) is 12.3 Å². The van der Waals surface area contributed by atoms with Gasteiger partial charge < -0.3 is 24.5 Å². The SMILES string of the molecule is COc1ccc(CCNC(=O)Cn2cc(OC)c(=O)cc2CO)cc1. The molecule has 0 aliphatic carbocycles. The van der Waals surface area contributed by atoms with Gasteiger partial charge in [0.2, 0.25) is 11.3 Å². The normalized spacial score (nSPS) is 10.4. The summed E-state index contributed by atoms with van der Waals surface area (Å²) in [7, 11) is 3.00. The minimum Gasteiger partial charge on any atom is -0.497 e. The minimum atomic E-state index is -0.335. The van der Waals surface area contributed by atoms with Gasteiger partial charge >= 0.3 is 0 Å². The van der Waals surface area contributed by atoms with Gasteiger partial charge in [-0.2, -0.15) is 0 Å². The molecule has 0 saturated carbocycles. The summed E-state index contributed by atoms with van der Waals surface area (Å²) in [4.78, 5) is 23.8. The van der Waals surface area contributed by atoms with Crippen molar-refractivity contribution in [3.05, 3.63) is 58.0 Å². The molecular weight excluding hydrogens is 324 g/mol. The van der Waals surface area contributed by atoms with E-state index in [1.807, 2.05) is 24.3 Å². The van der Waals surface area contributed by atoms with Gasteiger partial charge in [0, 0.05) is 18.3 Å². The van der Waals surface area contributed by atoms with E-state index in [0.717, 1.165) is 11.3 Å². The fourth-order valence-corrected chi connectivity index (χ4v) is 2.38. The van der Waals surface area contributed by atoms with Crippen LogP contribution in [0.3, 0.4) is 0 Å². The lowest BCUT2D eigenvalue weighted by Crippen LogP contribution is -2.30. The van der Waals surface area contributed by atoms with Gasteiger partial charge in [0.25, 0.3) is 0 Å². The summed E-state index contributed by atoms with van der Waals surface area (Å²) in [5.74, 6) is 0.702. The standard InChI is InChI=1S/C18H22N2O5/c1-24-15-5-3-13(4-6-15)7-8-19-18(23)11-20-10-17(25-2)16(22)9-14(20)12-21/h3-6,9-10,21H,7-8,11-12H2,1-2H3,(H,19,23). The molecule has 0 fully saturated rings. The molecule has 2 rings (SSSR count). The Morgan fingerprint density at radius 1 is 1.20 bits per heavy atom. The molecule has 2 aromatic rings. The Kier molecular flexibility index (Phi) is 6.59. The highest BCUT2D eigenvalue weighted by atomic mass is 16.5. The minimum absolute atomic E-state index is 0.00482. The molecule has 0 unspecified atom stereocenters. The van der Waals surface area contributed by atoms with E-state index in [-0.39, 0.29) is 30.2 Å². The van der Waals surface area contributed by atoms with E-state index >= 15 is 0 Å². The maximum Gasteiger partial charge on any atom is 0.239 e. The van der Waals surface area contributed by atoms with Crippen LogP contribution in [0.15, 0.2) is 41.3 Å². The average molecular weight is 346 g/mol. The largest absolute Gasteiger partial charge is 0.497 e. The fraction of sp³-hybridized carbons (Fsp3) is 0.333. The third-order valence-corrected chi connectivity index (χ3v) is 3.77. The number of ether oxygens (including phenoxy) is 2. The topological polar surface area (TPSA) is 89.8 Å². The lowest BCUT2D eigenvalue weighted by Gasteiger charge is -2.13. The first kappa shape index (κ1) is 18.5. The second-order valence-electron chi connectivity index (χ2n) is 5.43. The van der Waals surface area contributed by atoms with Gasteiger partial charge in [-0.1, -0.05) is 12.1 Å². The zero-order chi connectivity index (χ0) is 18.2. The van der Waals surface area contributed by atoms with Crippen molar-refractivity contribution in [1.29, 1.82) is 0 Å². The Hall–Kier alpha value is -2.80. The first-order valence-corrected chi connectivity index (χ1v) is 7.85.